The number of rotatable bonds is 3. The van der Waals surface area contributed by atoms with E-state index >= 15 is 0 Å². The number of hydrogen-bond acceptors (Lipinski definition) is 3. The number of methoxy groups -OCH3 is 1. The van der Waals surface area contributed by atoms with E-state index in [-0.39, 0.29) is 17.5 Å². The fourth-order valence-electron chi connectivity index (χ4n) is 3.44. The maximum atomic E-state index is 14.2. The van der Waals surface area contributed by atoms with Crippen LogP contribution in [0.3, 0.4) is 0 Å². The van der Waals surface area contributed by atoms with Crippen molar-refractivity contribution in [3.63, 3.8) is 0 Å². The van der Waals surface area contributed by atoms with Crippen LogP contribution in [0, 0.1) is 11.7 Å². The van der Waals surface area contributed by atoms with Crippen molar-refractivity contribution < 1.29 is 14.2 Å². The number of hydrogen-bond donors (Lipinski definition) is 1. The summed E-state index contributed by atoms with van der Waals surface area (Å²) in [6.07, 6.45) is 2.13. The fraction of sp³-hybridized carbons (Fsp3) is 0.600. The van der Waals surface area contributed by atoms with E-state index in [0.717, 1.165) is 32.5 Å². The summed E-state index contributed by atoms with van der Waals surface area (Å²) in [5.41, 5.74) is -0.206. The van der Waals surface area contributed by atoms with Crippen molar-refractivity contribution in [2.75, 3.05) is 26.7 Å². The highest BCUT2D eigenvalue weighted by Gasteiger charge is 2.45. The predicted octanol–water partition coefficient (Wildman–Crippen LogP) is 1.83. The van der Waals surface area contributed by atoms with Crippen molar-refractivity contribution in [1.29, 1.82) is 0 Å². The van der Waals surface area contributed by atoms with E-state index in [9.17, 15) is 9.50 Å². The minimum absolute atomic E-state index is 0.255. The Kier molecular flexibility index (Phi) is 3.23. The first-order valence-electron chi connectivity index (χ1n) is 6.88. The summed E-state index contributed by atoms with van der Waals surface area (Å²) in [5.74, 6) is 0.190. The topological polar surface area (TPSA) is 32.7 Å². The molecule has 1 aromatic rings. The van der Waals surface area contributed by atoms with Gasteiger partial charge in [0.1, 0.15) is 0 Å². The Hall–Kier alpha value is -1.13. The molecule has 2 saturated heterocycles. The van der Waals surface area contributed by atoms with Gasteiger partial charge < -0.3 is 14.7 Å². The van der Waals surface area contributed by atoms with Gasteiger partial charge in [0.2, 0.25) is 0 Å². The Labute approximate surface area is 113 Å². The molecule has 0 saturated carbocycles. The van der Waals surface area contributed by atoms with Crippen LogP contribution in [0.4, 0.5) is 4.39 Å². The van der Waals surface area contributed by atoms with Crippen LogP contribution in [0.15, 0.2) is 18.2 Å². The second-order valence-corrected chi connectivity index (χ2v) is 5.75. The monoisotopic (exact) mass is 265 g/mol. The Morgan fingerprint density at radius 3 is 3.11 bits per heavy atom. The van der Waals surface area contributed by atoms with Crippen molar-refractivity contribution in [3.8, 4) is 5.75 Å². The van der Waals surface area contributed by atoms with Gasteiger partial charge in [-0.1, -0.05) is 12.1 Å². The van der Waals surface area contributed by atoms with Crippen LogP contribution in [-0.4, -0.2) is 42.4 Å². The Balaban J connectivity index is 1.84. The van der Waals surface area contributed by atoms with Gasteiger partial charge in [0, 0.05) is 25.4 Å². The molecule has 1 aromatic carbocycles. The molecule has 3 rings (SSSR count). The maximum Gasteiger partial charge on any atom is 0.168 e. The first kappa shape index (κ1) is 12.9. The normalized spacial score (nSPS) is 33.4. The largest absolute Gasteiger partial charge is 0.494 e. The highest BCUT2D eigenvalue weighted by atomic mass is 19.1. The summed E-state index contributed by atoms with van der Waals surface area (Å²) in [6.45, 7) is 2.92. The summed E-state index contributed by atoms with van der Waals surface area (Å²) in [6, 6.07) is 5.14. The summed E-state index contributed by atoms with van der Waals surface area (Å²) < 4.78 is 19.2. The van der Waals surface area contributed by atoms with Crippen LogP contribution in [-0.2, 0) is 6.42 Å². The molecular formula is C15H20FNO2. The standard InChI is InChI=1S/C15H20FNO2/c1-19-13-4-2-3-11(14(13)16)9-15(18)6-8-17-7-5-12(15)10-17/h2-4,12,18H,5-10H2,1H3. The lowest BCUT2D eigenvalue weighted by Crippen LogP contribution is -2.48. The van der Waals surface area contributed by atoms with E-state index in [1.165, 1.54) is 7.11 Å². The van der Waals surface area contributed by atoms with E-state index in [0.29, 0.717) is 12.0 Å². The lowest BCUT2D eigenvalue weighted by atomic mass is 9.78. The molecular weight excluding hydrogens is 245 g/mol. The minimum atomic E-state index is -0.764. The molecule has 3 unspecified atom stereocenters. The van der Waals surface area contributed by atoms with Crippen LogP contribution in [0.2, 0.25) is 0 Å². The third-order valence-corrected chi connectivity index (χ3v) is 4.65. The number of benzene rings is 1. The summed E-state index contributed by atoms with van der Waals surface area (Å²) in [7, 11) is 1.46. The molecule has 2 bridgehead atoms. The number of ether oxygens (including phenoxy) is 1. The van der Waals surface area contributed by atoms with Gasteiger partial charge in [0.15, 0.2) is 11.6 Å². The number of aliphatic hydroxyl groups is 1. The Morgan fingerprint density at radius 2 is 2.32 bits per heavy atom. The molecule has 0 aromatic heterocycles. The van der Waals surface area contributed by atoms with Crippen molar-refractivity contribution in [3.05, 3.63) is 29.6 Å². The highest BCUT2D eigenvalue weighted by Crippen LogP contribution is 2.38. The molecule has 0 amide bonds. The third kappa shape index (κ3) is 2.23. The van der Waals surface area contributed by atoms with Gasteiger partial charge in [0.25, 0.3) is 0 Å². The van der Waals surface area contributed by atoms with Crippen LogP contribution in [0.25, 0.3) is 0 Å². The van der Waals surface area contributed by atoms with E-state index < -0.39 is 5.60 Å². The van der Waals surface area contributed by atoms with Crippen molar-refractivity contribution in [1.82, 2.24) is 4.90 Å². The molecule has 104 valence electrons. The molecule has 3 nitrogen and oxygen atoms in total. The summed E-state index contributed by atoms with van der Waals surface area (Å²) in [5, 5.41) is 10.9. The molecule has 2 fully saturated rings. The van der Waals surface area contributed by atoms with Gasteiger partial charge in [-0.05, 0) is 31.0 Å². The average molecular weight is 265 g/mol. The van der Waals surface area contributed by atoms with Gasteiger partial charge in [-0.3, -0.25) is 0 Å². The van der Waals surface area contributed by atoms with E-state index in [4.69, 9.17) is 4.74 Å². The zero-order valence-corrected chi connectivity index (χ0v) is 11.2. The maximum absolute atomic E-state index is 14.2. The van der Waals surface area contributed by atoms with Crippen LogP contribution >= 0.6 is 0 Å². The van der Waals surface area contributed by atoms with E-state index in [1.807, 2.05) is 0 Å². The molecule has 2 aliphatic heterocycles. The van der Waals surface area contributed by atoms with Gasteiger partial charge >= 0.3 is 0 Å². The zero-order valence-electron chi connectivity index (χ0n) is 11.2. The minimum Gasteiger partial charge on any atom is -0.494 e. The second-order valence-electron chi connectivity index (χ2n) is 5.75. The second kappa shape index (κ2) is 4.76. The lowest BCUT2D eigenvalue weighted by Gasteiger charge is -2.39. The zero-order chi connectivity index (χ0) is 13.5. The van der Waals surface area contributed by atoms with Crippen molar-refractivity contribution in [2.24, 2.45) is 5.92 Å². The molecule has 1 N–H and O–H groups in total. The van der Waals surface area contributed by atoms with Crippen LogP contribution < -0.4 is 4.74 Å². The average Bonchev–Trinajstić information content (AvgIpc) is 2.83. The van der Waals surface area contributed by atoms with Gasteiger partial charge in [-0.25, -0.2) is 4.39 Å². The van der Waals surface area contributed by atoms with Crippen molar-refractivity contribution in [2.45, 2.75) is 24.9 Å². The van der Waals surface area contributed by atoms with E-state index in [1.54, 1.807) is 18.2 Å². The molecule has 19 heavy (non-hydrogen) atoms. The molecule has 0 spiro atoms. The van der Waals surface area contributed by atoms with Gasteiger partial charge in [-0.15, -0.1) is 0 Å². The quantitative estimate of drug-likeness (QED) is 0.905. The van der Waals surface area contributed by atoms with Gasteiger partial charge in [0.05, 0.1) is 12.7 Å². The number of nitrogens with zero attached hydrogens (tertiary/aromatic N) is 1. The molecule has 0 aliphatic carbocycles. The predicted molar refractivity (Wildman–Crippen MR) is 70.8 cm³/mol. The van der Waals surface area contributed by atoms with E-state index in [2.05, 4.69) is 4.90 Å². The molecule has 2 heterocycles. The van der Waals surface area contributed by atoms with Crippen LogP contribution in [0.5, 0.6) is 5.75 Å². The molecule has 3 atom stereocenters. The lowest BCUT2D eigenvalue weighted by molar-refractivity contribution is -0.0444. The number of fused-ring (bicyclic) bond motifs is 2. The highest BCUT2D eigenvalue weighted by molar-refractivity contribution is 5.32. The smallest absolute Gasteiger partial charge is 0.168 e. The number of halogens is 1. The SMILES string of the molecule is COc1cccc(CC2(O)CCN3CCC2C3)c1F. The van der Waals surface area contributed by atoms with Crippen LogP contribution in [0.1, 0.15) is 18.4 Å². The Morgan fingerprint density at radius 1 is 1.47 bits per heavy atom. The van der Waals surface area contributed by atoms with Crippen molar-refractivity contribution >= 4 is 0 Å². The third-order valence-electron chi connectivity index (χ3n) is 4.65. The first-order valence-corrected chi connectivity index (χ1v) is 6.88. The number of piperidine rings is 1. The first-order chi connectivity index (χ1) is 9.12. The summed E-state index contributed by atoms with van der Waals surface area (Å²) in [4.78, 5) is 2.38. The molecule has 4 heteroatoms. The molecule has 0 radical (unpaired) electrons. The summed E-state index contributed by atoms with van der Waals surface area (Å²) >= 11 is 0. The Bertz CT molecular complexity index is 479. The fourth-order valence-corrected chi connectivity index (χ4v) is 3.44. The van der Waals surface area contributed by atoms with Gasteiger partial charge in [-0.2, -0.15) is 0 Å². The molecule has 2 aliphatic rings.